The number of anilines is 1. The zero-order chi connectivity index (χ0) is 16.9. The van der Waals surface area contributed by atoms with Gasteiger partial charge in [0.15, 0.2) is 0 Å². The number of esters is 1. The summed E-state index contributed by atoms with van der Waals surface area (Å²) in [4.78, 5) is 26.6. The Bertz CT molecular complexity index is 661. The van der Waals surface area contributed by atoms with Crippen molar-refractivity contribution >= 4 is 17.7 Å². The number of aromatic nitrogens is 1. The highest BCUT2D eigenvalue weighted by atomic mass is 16.5. The van der Waals surface area contributed by atoms with Crippen molar-refractivity contribution in [2.24, 2.45) is 5.41 Å². The maximum Gasteiger partial charge on any atom is 0.319 e. The van der Waals surface area contributed by atoms with E-state index in [0.717, 1.165) is 11.3 Å². The molecule has 23 heavy (non-hydrogen) atoms. The van der Waals surface area contributed by atoms with E-state index in [4.69, 9.17) is 4.74 Å². The number of carbonyl (C=O) groups excluding carboxylic acids is 2. The van der Waals surface area contributed by atoms with Gasteiger partial charge in [0.2, 0.25) is 0 Å². The average molecular weight is 315 g/mol. The highest BCUT2D eigenvalue weighted by Gasteiger charge is 2.29. The molecule has 0 aliphatic carbocycles. The molecule has 1 aromatic carbocycles. The van der Waals surface area contributed by atoms with Crippen LogP contribution in [0.1, 0.15) is 13.8 Å². The molecule has 0 aliphatic heterocycles. The van der Waals surface area contributed by atoms with Gasteiger partial charge in [-0.05, 0) is 43.7 Å². The summed E-state index contributed by atoms with van der Waals surface area (Å²) in [7, 11) is 1.33. The molecule has 0 atom stereocenters. The Hall–Kier alpha value is -2.76. The topological polar surface area (TPSA) is 83.2 Å². The van der Waals surface area contributed by atoms with Crippen LogP contribution in [0.25, 0.3) is 11.3 Å². The highest BCUT2D eigenvalue weighted by Crippen LogP contribution is 2.19. The summed E-state index contributed by atoms with van der Waals surface area (Å²) >= 11 is 0. The summed E-state index contributed by atoms with van der Waals surface area (Å²) < 4.78 is 4.70. The van der Waals surface area contributed by atoms with Crippen molar-refractivity contribution in [3.63, 3.8) is 0 Å². The summed E-state index contributed by atoms with van der Waals surface area (Å²) in [6, 6.07) is 11.0. The Morgan fingerprint density at radius 3 is 2.43 bits per heavy atom. The molecule has 0 saturated carbocycles. The normalized spacial score (nSPS) is 10.9. The summed E-state index contributed by atoms with van der Waals surface area (Å²) in [5.74, 6) is -0.367. The number of rotatable bonds is 5. The Labute approximate surface area is 135 Å². The minimum Gasteiger partial charge on any atom is -0.469 e. The number of methoxy groups -OCH3 is 1. The molecule has 1 aromatic heterocycles. The van der Waals surface area contributed by atoms with Crippen molar-refractivity contribution in [1.29, 1.82) is 0 Å². The van der Waals surface area contributed by atoms with E-state index in [9.17, 15) is 9.59 Å². The minimum atomic E-state index is -0.774. The van der Waals surface area contributed by atoms with Crippen molar-refractivity contribution in [2.75, 3.05) is 19.0 Å². The molecule has 0 spiro atoms. The van der Waals surface area contributed by atoms with Gasteiger partial charge in [0.05, 0.1) is 12.5 Å². The van der Waals surface area contributed by atoms with E-state index in [1.54, 1.807) is 13.8 Å². The number of urea groups is 1. The third-order valence-corrected chi connectivity index (χ3v) is 3.48. The first-order valence-corrected chi connectivity index (χ1v) is 7.29. The molecule has 0 bridgehead atoms. The number of carbonyl (C=O) groups is 2. The third-order valence-electron chi connectivity index (χ3n) is 3.48. The maximum absolute atomic E-state index is 11.9. The summed E-state index contributed by atoms with van der Waals surface area (Å²) in [6.45, 7) is 3.61. The van der Waals surface area contributed by atoms with Gasteiger partial charge in [-0.3, -0.25) is 4.79 Å². The zero-order valence-electron chi connectivity index (χ0n) is 13.5. The van der Waals surface area contributed by atoms with Crippen LogP contribution in [0.3, 0.4) is 0 Å². The fourth-order valence-electron chi connectivity index (χ4n) is 2.07. The molecule has 0 unspecified atom stereocenters. The largest absolute Gasteiger partial charge is 0.469 e. The second-order valence-electron chi connectivity index (χ2n) is 5.84. The molecule has 2 aromatic rings. The van der Waals surface area contributed by atoms with Gasteiger partial charge < -0.3 is 20.4 Å². The molecule has 1 heterocycles. The Morgan fingerprint density at radius 2 is 1.87 bits per heavy atom. The quantitative estimate of drug-likeness (QED) is 0.742. The maximum atomic E-state index is 11.9. The number of amides is 2. The van der Waals surface area contributed by atoms with E-state index < -0.39 is 5.41 Å². The van der Waals surface area contributed by atoms with E-state index in [0.29, 0.717) is 5.69 Å². The van der Waals surface area contributed by atoms with Gasteiger partial charge in [0.1, 0.15) is 0 Å². The first-order chi connectivity index (χ1) is 10.9. The second kappa shape index (κ2) is 7.00. The van der Waals surface area contributed by atoms with E-state index >= 15 is 0 Å². The summed E-state index contributed by atoms with van der Waals surface area (Å²) in [5.41, 5.74) is 1.95. The molecule has 2 rings (SSSR count). The molecular formula is C17H21N3O3. The van der Waals surface area contributed by atoms with Crippen LogP contribution in [0.4, 0.5) is 10.5 Å². The van der Waals surface area contributed by atoms with Gasteiger partial charge in [-0.15, -0.1) is 0 Å². The molecule has 0 fully saturated rings. The molecule has 0 aliphatic rings. The number of hydrogen-bond acceptors (Lipinski definition) is 3. The van der Waals surface area contributed by atoms with Crippen LogP contribution in [-0.2, 0) is 9.53 Å². The average Bonchev–Trinajstić information content (AvgIpc) is 3.07. The van der Waals surface area contributed by atoms with Gasteiger partial charge >= 0.3 is 12.0 Å². The van der Waals surface area contributed by atoms with E-state index in [1.807, 2.05) is 42.6 Å². The van der Waals surface area contributed by atoms with Crippen molar-refractivity contribution in [3.8, 4) is 11.3 Å². The number of hydrogen-bond donors (Lipinski definition) is 3. The number of benzene rings is 1. The van der Waals surface area contributed by atoms with Crippen LogP contribution in [0.5, 0.6) is 0 Å². The fraction of sp³-hybridized carbons (Fsp3) is 0.294. The van der Waals surface area contributed by atoms with Gasteiger partial charge in [0, 0.05) is 24.1 Å². The lowest BCUT2D eigenvalue weighted by atomic mass is 9.94. The molecule has 122 valence electrons. The summed E-state index contributed by atoms with van der Waals surface area (Å²) in [6.07, 6.45) is 1.86. The van der Waals surface area contributed by atoms with Crippen LogP contribution in [-0.4, -0.2) is 30.6 Å². The Balaban J connectivity index is 1.89. The predicted molar refractivity (Wildman–Crippen MR) is 89.0 cm³/mol. The lowest BCUT2D eigenvalue weighted by Gasteiger charge is -2.21. The summed E-state index contributed by atoms with van der Waals surface area (Å²) in [5, 5.41) is 5.40. The first kappa shape index (κ1) is 16.6. The van der Waals surface area contributed by atoms with Crippen molar-refractivity contribution in [1.82, 2.24) is 10.3 Å². The molecule has 6 nitrogen and oxygen atoms in total. The van der Waals surface area contributed by atoms with Crippen LogP contribution >= 0.6 is 0 Å². The van der Waals surface area contributed by atoms with E-state index in [1.165, 1.54) is 7.11 Å². The Kier molecular flexibility index (Phi) is 5.05. The SMILES string of the molecule is COC(=O)C(C)(C)CNC(=O)Nc1ccc(-c2ccc[nH]2)cc1. The van der Waals surface area contributed by atoms with Crippen molar-refractivity contribution in [2.45, 2.75) is 13.8 Å². The van der Waals surface area contributed by atoms with E-state index in [-0.39, 0.29) is 18.5 Å². The van der Waals surface area contributed by atoms with Crippen molar-refractivity contribution in [3.05, 3.63) is 42.6 Å². The lowest BCUT2D eigenvalue weighted by molar-refractivity contribution is -0.150. The van der Waals surface area contributed by atoms with Crippen LogP contribution < -0.4 is 10.6 Å². The minimum absolute atomic E-state index is 0.187. The van der Waals surface area contributed by atoms with E-state index in [2.05, 4.69) is 15.6 Å². The zero-order valence-corrected chi connectivity index (χ0v) is 13.5. The van der Waals surface area contributed by atoms with Gasteiger partial charge in [-0.1, -0.05) is 12.1 Å². The third kappa shape index (κ3) is 4.35. The lowest BCUT2D eigenvalue weighted by Crippen LogP contribution is -2.41. The molecular weight excluding hydrogens is 294 g/mol. The number of H-pyrrole nitrogens is 1. The van der Waals surface area contributed by atoms with Gasteiger partial charge in [-0.25, -0.2) is 4.79 Å². The number of aromatic amines is 1. The van der Waals surface area contributed by atoms with Gasteiger partial charge in [-0.2, -0.15) is 0 Å². The molecule has 6 heteroatoms. The molecule has 2 amide bonds. The standard InChI is InChI=1S/C17H21N3O3/c1-17(2,15(21)23-3)11-19-16(22)20-13-8-6-12(7-9-13)14-5-4-10-18-14/h4-10,18H,11H2,1-3H3,(H2,19,20,22). The fourth-order valence-corrected chi connectivity index (χ4v) is 2.07. The molecule has 3 N–H and O–H groups in total. The number of ether oxygens (including phenoxy) is 1. The van der Waals surface area contributed by atoms with Crippen molar-refractivity contribution < 1.29 is 14.3 Å². The van der Waals surface area contributed by atoms with Gasteiger partial charge in [0.25, 0.3) is 0 Å². The monoisotopic (exact) mass is 315 g/mol. The first-order valence-electron chi connectivity index (χ1n) is 7.29. The highest BCUT2D eigenvalue weighted by molar-refractivity contribution is 5.90. The van der Waals surface area contributed by atoms with Crippen LogP contribution in [0.2, 0.25) is 0 Å². The second-order valence-corrected chi connectivity index (χ2v) is 5.84. The predicted octanol–water partition coefficient (Wildman–Crippen LogP) is 3.00. The van der Waals surface area contributed by atoms with Crippen LogP contribution in [0.15, 0.2) is 42.6 Å². The Morgan fingerprint density at radius 1 is 1.17 bits per heavy atom. The van der Waals surface area contributed by atoms with Crippen LogP contribution in [0, 0.1) is 5.41 Å². The molecule has 0 saturated heterocycles. The smallest absolute Gasteiger partial charge is 0.319 e. The number of nitrogens with one attached hydrogen (secondary N) is 3. The molecule has 0 radical (unpaired) electrons.